The number of ether oxygens (including phenoxy) is 3. The third kappa shape index (κ3) is 3.89. The average Bonchev–Trinajstić information content (AvgIpc) is 2.45. The van der Waals surface area contributed by atoms with E-state index in [9.17, 15) is 18.7 Å². The molecule has 0 radical (unpaired) electrons. The van der Waals surface area contributed by atoms with E-state index >= 15 is 0 Å². The quantitative estimate of drug-likeness (QED) is 0.769. The van der Waals surface area contributed by atoms with E-state index in [0.717, 1.165) is 12.1 Å². The summed E-state index contributed by atoms with van der Waals surface area (Å²) in [5.41, 5.74) is 5.27. The van der Waals surface area contributed by atoms with Gasteiger partial charge in [0.25, 0.3) is 0 Å². The maximum atomic E-state index is 14.0. The summed E-state index contributed by atoms with van der Waals surface area (Å²) in [4.78, 5) is 11.4. The van der Waals surface area contributed by atoms with Crippen molar-refractivity contribution in [3.05, 3.63) is 17.7 Å². The molecule has 9 heteroatoms. The van der Waals surface area contributed by atoms with E-state index in [1.165, 1.54) is 21.1 Å². The van der Waals surface area contributed by atoms with Crippen molar-refractivity contribution < 1.29 is 32.9 Å². The molecule has 6 nitrogen and oxygen atoms in total. The van der Waals surface area contributed by atoms with E-state index in [-0.39, 0.29) is 41.8 Å². The molecule has 126 valence electrons. The number of phenols is 1. The van der Waals surface area contributed by atoms with Gasteiger partial charge in [-0.15, -0.1) is 12.4 Å². The van der Waals surface area contributed by atoms with Crippen LogP contribution >= 0.6 is 12.4 Å². The van der Waals surface area contributed by atoms with Crippen LogP contribution in [0.4, 0.5) is 8.78 Å². The molecule has 0 bridgehead atoms. The number of alkyl halides is 2. The lowest BCUT2D eigenvalue weighted by Gasteiger charge is -2.25. The van der Waals surface area contributed by atoms with Crippen molar-refractivity contribution in [2.75, 3.05) is 20.8 Å². The highest BCUT2D eigenvalue weighted by atomic mass is 35.5. The lowest BCUT2D eigenvalue weighted by molar-refractivity contribution is -0.174. The van der Waals surface area contributed by atoms with Crippen molar-refractivity contribution in [3.63, 3.8) is 0 Å². The van der Waals surface area contributed by atoms with Crippen molar-refractivity contribution in [2.24, 2.45) is 5.73 Å². The molecule has 0 spiro atoms. The van der Waals surface area contributed by atoms with Gasteiger partial charge in [-0.3, -0.25) is 0 Å². The number of aromatic hydroxyl groups is 1. The Morgan fingerprint density at radius 1 is 1.32 bits per heavy atom. The van der Waals surface area contributed by atoms with Crippen LogP contribution in [-0.4, -0.2) is 37.8 Å². The largest absolute Gasteiger partial charge is 0.508 e. The molecule has 3 N–H and O–H groups in total. The molecular formula is C13H18ClF2NO5. The standard InChI is InChI=1S/C13H17F2NO5.ClH/c1-4-21-12(18)13(14,15)11(16)10-8(19-2)5-7(17)6-9(10)20-3;/h5-6,11,17H,4,16H2,1-3H3;1H/t11-;/m1./s1. The Morgan fingerprint density at radius 3 is 2.14 bits per heavy atom. The molecule has 0 heterocycles. The molecule has 1 aromatic rings. The fourth-order valence-electron chi connectivity index (χ4n) is 1.77. The maximum absolute atomic E-state index is 14.0. The van der Waals surface area contributed by atoms with E-state index in [2.05, 4.69) is 4.74 Å². The molecule has 0 aliphatic heterocycles. The van der Waals surface area contributed by atoms with E-state index in [1.54, 1.807) is 0 Å². The van der Waals surface area contributed by atoms with Crippen LogP contribution in [0.1, 0.15) is 18.5 Å². The second kappa shape index (κ2) is 8.00. The predicted molar refractivity (Wildman–Crippen MR) is 77.0 cm³/mol. The molecule has 0 aliphatic rings. The predicted octanol–water partition coefficient (Wildman–Crippen LogP) is 2.03. The van der Waals surface area contributed by atoms with Gasteiger partial charge in [0.2, 0.25) is 0 Å². The van der Waals surface area contributed by atoms with Gasteiger partial charge < -0.3 is 25.1 Å². The molecule has 0 unspecified atom stereocenters. The fourth-order valence-corrected chi connectivity index (χ4v) is 1.77. The SMILES string of the molecule is CCOC(=O)C(F)(F)[C@H](N)c1c(OC)cc(O)cc1OC.Cl. The minimum absolute atomic E-state index is 0. The number of hydrogen-bond donors (Lipinski definition) is 2. The molecule has 0 aliphatic carbocycles. The van der Waals surface area contributed by atoms with Gasteiger partial charge in [-0.05, 0) is 6.92 Å². The molecule has 22 heavy (non-hydrogen) atoms. The number of phenolic OH excluding ortho intramolecular Hbond substituents is 1. The smallest absolute Gasteiger partial charge is 0.379 e. The van der Waals surface area contributed by atoms with Crippen molar-refractivity contribution in [1.82, 2.24) is 0 Å². The Hall–Kier alpha value is -1.80. The van der Waals surface area contributed by atoms with Gasteiger partial charge in [0.1, 0.15) is 23.3 Å². The van der Waals surface area contributed by atoms with Crippen LogP contribution in [-0.2, 0) is 9.53 Å². The van der Waals surface area contributed by atoms with E-state index in [0.29, 0.717) is 0 Å². The number of benzene rings is 1. The molecule has 0 aromatic heterocycles. The summed E-state index contributed by atoms with van der Waals surface area (Å²) in [7, 11) is 2.43. The summed E-state index contributed by atoms with van der Waals surface area (Å²) in [6.07, 6.45) is 0. The number of rotatable bonds is 6. The van der Waals surface area contributed by atoms with Crippen molar-refractivity contribution in [2.45, 2.75) is 18.9 Å². The van der Waals surface area contributed by atoms with Gasteiger partial charge in [-0.2, -0.15) is 8.78 Å². The topological polar surface area (TPSA) is 91.0 Å². The number of methoxy groups -OCH3 is 2. The van der Waals surface area contributed by atoms with Crippen LogP contribution in [0.2, 0.25) is 0 Å². The zero-order valence-electron chi connectivity index (χ0n) is 12.3. The van der Waals surface area contributed by atoms with Gasteiger partial charge in [-0.25, -0.2) is 4.79 Å². The Bertz CT molecular complexity index is 502. The Morgan fingerprint density at radius 2 is 1.77 bits per heavy atom. The highest BCUT2D eigenvalue weighted by Crippen LogP contribution is 2.42. The minimum Gasteiger partial charge on any atom is -0.508 e. The lowest BCUT2D eigenvalue weighted by Crippen LogP contribution is -2.42. The second-order valence-electron chi connectivity index (χ2n) is 4.09. The molecule has 1 rings (SSSR count). The molecule has 0 amide bonds. The van der Waals surface area contributed by atoms with Crippen molar-refractivity contribution in [3.8, 4) is 17.2 Å². The van der Waals surface area contributed by atoms with Gasteiger partial charge in [-0.1, -0.05) is 0 Å². The Kier molecular flexibility index (Phi) is 7.34. The summed E-state index contributed by atoms with van der Waals surface area (Å²) < 4.78 is 42.2. The molecular weight excluding hydrogens is 324 g/mol. The second-order valence-corrected chi connectivity index (χ2v) is 4.09. The first-order valence-electron chi connectivity index (χ1n) is 6.05. The summed E-state index contributed by atoms with van der Waals surface area (Å²) in [5, 5.41) is 9.48. The van der Waals surface area contributed by atoms with Gasteiger partial charge in [0, 0.05) is 12.1 Å². The van der Waals surface area contributed by atoms with Crippen LogP contribution < -0.4 is 15.2 Å². The van der Waals surface area contributed by atoms with Crippen molar-refractivity contribution in [1.29, 1.82) is 0 Å². The molecule has 1 atom stereocenters. The van der Waals surface area contributed by atoms with Crippen LogP contribution in [0.5, 0.6) is 17.2 Å². The normalized spacial score (nSPS) is 12.1. The van der Waals surface area contributed by atoms with Crippen LogP contribution in [0.3, 0.4) is 0 Å². The third-order valence-electron chi connectivity index (χ3n) is 2.78. The number of carbonyl (C=O) groups excluding carboxylic acids is 1. The van der Waals surface area contributed by atoms with Gasteiger partial charge in [0.15, 0.2) is 0 Å². The van der Waals surface area contributed by atoms with E-state index < -0.39 is 17.9 Å². The highest BCUT2D eigenvalue weighted by Gasteiger charge is 2.49. The molecule has 0 saturated heterocycles. The van der Waals surface area contributed by atoms with Crippen LogP contribution in [0, 0.1) is 0 Å². The van der Waals surface area contributed by atoms with E-state index in [1.807, 2.05) is 0 Å². The molecule has 0 saturated carbocycles. The zero-order valence-corrected chi connectivity index (χ0v) is 13.1. The highest BCUT2D eigenvalue weighted by molar-refractivity contribution is 5.85. The Balaban J connectivity index is 0.00000441. The summed E-state index contributed by atoms with van der Waals surface area (Å²) in [6.45, 7) is 1.20. The first kappa shape index (κ1) is 20.2. The van der Waals surface area contributed by atoms with Crippen LogP contribution in [0.25, 0.3) is 0 Å². The zero-order chi connectivity index (χ0) is 16.2. The number of halogens is 3. The van der Waals surface area contributed by atoms with Crippen LogP contribution in [0.15, 0.2) is 12.1 Å². The van der Waals surface area contributed by atoms with Gasteiger partial charge >= 0.3 is 11.9 Å². The number of nitrogens with two attached hydrogens (primary N) is 1. The van der Waals surface area contributed by atoms with E-state index in [4.69, 9.17) is 15.2 Å². The number of hydrogen-bond acceptors (Lipinski definition) is 6. The summed E-state index contributed by atoms with van der Waals surface area (Å²) in [6, 6.07) is 0.139. The van der Waals surface area contributed by atoms with Crippen molar-refractivity contribution >= 4 is 18.4 Å². The summed E-state index contributed by atoms with van der Waals surface area (Å²) >= 11 is 0. The molecule has 1 aromatic carbocycles. The fraction of sp³-hybridized carbons (Fsp3) is 0.462. The number of carbonyl (C=O) groups is 1. The summed E-state index contributed by atoms with van der Waals surface area (Å²) in [5.74, 6) is -6.21. The Labute approximate surface area is 132 Å². The maximum Gasteiger partial charge on any atom is 0.379 e. The first-order chi connectivity index (χ1) is 9.79. The monoisotopic (exact) mass is 341 g/mol. The molecule has 0 fully saturated rings. The minimum atomic E-state index is -3.98. The number of esters is 1. The average molecular weight is 342 g/mol. The first-order valence-corrected chi connectivity index (χ1v) is 6.05. The van der Waals surface area contributed by atoms with Gasteiger partial charge in [0.05, 0.1) is 26.4 Å². The third-order valence-corrected chi connectivity index (χ3v) is 2.78. The lowest BCUT2D eigenvalue weighted by atomic mass is 9.98.